The second-order valence-electron chi connectivity index (χ2n) is 5.32. The van der Waals surface area contributed by atoms with Crippen LogP contribution in [0.1, 0.15) is 33.3 Å². The van der Waals surface area contributed by atoms with Crippen LogP contribution in [-0.2, 0) is 6.42 Å². The van der Waals surface area contributed by atoms with Crippen LogP contribution in [0, 0.1) is 5.92 Å². The Balaban J connectivity index is 2.68. The van der Waals surface area contributed by atoms with Crippen LogP contribution in [0.2, 0.25) is 0 Å². The van der Waals surface area contributed by atoms with Crippen molar-refractivity contribution in [3.8, 4) is 5.75 Å². The first-order valence-corrected chi connectivity index (χ1v) is 5.95. The summed E-state index contributed by atoms with van der Waals surface area (Å²) in [6.45, 7) is 7.63. The lowest BCUT2D eigenvalue weighted by atomic mass is 10.0. The van der Waals surface area contributed by atoms with Gasteiger partial charge in [0.2, 0.25) is 0 Å². The van der Waals surface area contributed by atoms with Crippen LogP contribution in [-0.4, -0.2) is 22.1 Å². The molecule has 96 valence electrons. The van der Waals surface area contributed by atoms with Gasteiger partial charge in [-0.1, -0.05) is 26.0 Å². The van der Waals surface area contributed by atoms with Crippen LogP contribution >= 0.6 is 0 Å². The number of aliphatic hydroxyl groups excluding tert-OH is 1. The predicted molar refractivity (Wildman–Crippen MR) is 67.9 cm³/mol. The lowest BCUT2D eigenvalue weighted by Crippen LogP contribution is -2.41. The summed E-state index contributed by atoms with van der Waals surface area (Å²) in [7, 11) is 0. The molecular weight excluding hydrogens is 216 g/mol. The van der Waals surface area contributed by atoms with E-state index >= 15 is 0 Å². The monoisotopic (exact) mass is 238 g/mol. The molecule has 0 aliphatic rings. The summed E-state index contributed by atoms with van der Waals surface area (Å²) in [5.74, 6) is 1.27. The van der Waals surface area contributed by atoms with Crippen LogP contribution in [0.4, 0.5) is 0 Å². The minimum Gasteiger partial charge on any atom is -0.483 e. The zero-order valence-corrected chi connectivity index (χ0v) is 11.0. The number of ether oxygens (including phenoxy) is 1. The molecule has 0 aliphatic carbocycles. The standard InChI is InChI=1S/C14H22O3/c1-10(2)9-11-5-7-12(8-6-11)17-14(3,4)13(15)16/h5-8,10,13,15-16H,9H2,1-4H3. The van der Waals surface area contributed by atoms with Crippen LogP contribution in [0.5, 0.6) is 5.75 Å². The van der Waals surface area contributed by atoms with Gasteiger partial charge in [0, 0.05) is 0 Å². The van der Waals surface area contributed by atoms with Crippen molar-refractivity contribution in [2.75, 3.05) is 0 Å². The van der Waals surface area contributed by atoms with E-state index in [1.165, 1.54) is 5.56 Å². The Morgan fingerprint density at radius 2 is 1.65 bits per heavy atom. The highest BCUT2D eigenvalue weighted by atomic mass is 16.6. The lowest BCUT2D eigenvalue weighted by Gasteiger charge is -2.28. The van der Waals surface area contributed by atoms with Crippen LogP contribution in [0.3, 0.4) is 0 Å². The number of benzene rings is 1. The van der Waals surface area contributed by atoms with E-state index in [4.69, 9.17) is 14.9 Å². The molecule has 1 rings (SSSR count). The van der Waals surface area contributed by atoms with E-state index < -0.39 is 11.9 Å². The maximum atomic E-state index is 9.15. The van der Waals surface area contributed by atoms with Crippen molar-refractivity contribution >= 4 is 0 Å². The highest BCUT2D eigenvalue weighted by molar-refractivity contribution is 5.28. The Kier molecular flexibility index (Phi) is 4.54. The summed E-state index contributed by atoms with van der Waals surface area (Å²) in [5.41, 5.74) is 0.259. The number of hydrogen-bond donors (Lipinski definition) is 2. The minimum atomic E-state index is -1.50. The van der Waals surface area contributed by atoms with Gasteiger partial charge in [-0.15, -0.1) is 0 Å². The highest BCUT2D eigenvalue weighted by Crippen LogP contribution is 2.21. The smallest absolute Gasteiger partial charge is 0.192 e. The van der Waals surface area contributed by atoms with Crippen molar-refractivity contribution in [3.63, 3.8) is 0 Å². The van der Waals surface area contributed by atoms with Crippen molar-refractivity contribution in [2.24, 2.45) is 5.92 Å². The predicted octanol–water partition coefficient (Wildman–Crippen LogP) is 2.35. The van der Waals surface area contributed by atoms with Gasteiger partial charge in [-0.05, 0) is 43.9 Å². The fourth-order valence-electron chi connectivity index (χ4n) is 1.52. The molecule has 0 unspecified atom stereocenters. The Labute approximate surface area is 103 Å². The zero-order chi connectivity index (χ0) is 13.1. The molecule has 3 nitrogen and oxygen atoms in total. The molecule has 2 N–H and O–H groups in total. The van der Waals surface area contributed by atoms with Gasteiger partial charge in [0.25, 0.3) is 0 Å². The van der Waals surface area contributed by atoms with Gasteiger partial charge in [0.1, 0.15) is 5.75 Å². The molecular formula is C14H22O3. The lowest BCUT2D eigenvalue weighted by molar-refractivity contribution is -0.154. The molecule has 3 heteroatoms. The van der Waals surface area contributed by atoms with E-state index in [0.29, 0.717) is 11.7 Å². The third-order valence-corrected chi connectivity index (χ3v) is 2.57. The first kappa shape index (κ1) is 14.0. The Morgan fingerprint density at radius 1 is 1.12 bits per heavy atom. The second-order valence-corrected chi connectivity index (χ2v) is 5.32. The molecule has 0 atom stereocenters. The van der Waals surface area contributed by atoms with E-state index in [1.54, 1.807) is 13.8 Å². The Hall–Kier alpha value is -1.06. The normalized spacial score (nSPS) is 12.2. The van der Waals surface area contributed by atoms with Crippen LogP contribution in [0.25, 0.3) is 0 Å². The summed E-state index contributed by atoms with van der Waals surface area (Å²) in [6, 6.07) is 7.74. The molecule has 0 radical (unpaired) electrons. The van der Waals surface area contributed by atoms with Gasteiger partial charge in [0.15, 0.2) is 11.9 Å². The van der Waals surface area contributed by atoms with E-state index in [2.05, 4.69) is 13.8 Å². The summed E-state index contributed by atoms with van der Waals surface area (Å²) in [5, 5.41) is 18.3. The summed E-state index contributed by atoms with van der Waals surface area (Å²) < 4.78 is 5.52. The largest absolute Gasteiger partial charge is 0.483 e. The van der Waals surface area contributed by atoms with Gasteiger partial charge < -0.3 is 14.9 Å². The number of aliphatic hydroxyl groups is 2. The molecule has 0 saturated carbocycles. The zero-order valence-electron chi connectivity index (χ0n) is 11.0. The third kappa shape index (κ3) is 4.36. The molecule has 0 amide bonds. The van der Waals surface area contributed by atoms with Gasteiger partial charge in [-0.25, -0.2) is 0 Å². The molecule has 0 bridgehead atoms. The fraction of sp³-hybridized carbons (Fsp3) is 0.571. The average Bonchev–Trinajstić information content (AvgIpc) is 2.19. The molecule has 0 saturated heterocycles. The SMILES string of the molecule is CC(C)Cc1ccc(OC(C)(C)C(O)O)cc1. The van der Waals surface area contributed by atoms with Gasteiger partial charge in [-0.3, -0.25) is 0 Å². The number of rotatable bonds is 5. The minimum absolute atomic E-state index is 0.623. The van der Waals surface area contributed by atoms with Gasteiger partial charge in [-0.2, -0.15) is 0 Å². The van der Waals surface area contributed by atoms with Crippen LogP contribution in [0.15, 0.2) is 24.3 Å². The Morgan fingerprint density at radius 3 is 2.06 bits per heavy atom. The molecule has 0 fully saturated rings. The van der Waals surface area contributed by atoms with E-state index in [-0.39, 0.29) is 0 Å². The second kappa shape index (κ2) is 5.52. The summed E-state index contributed by atoms with van der Waals surface area (Å²) in [4.78, 5) is 0. The molecule has 1 aromatic carbocycles. The van der Waals surface area contributed by atoms with Crippen molar-refractivity contribution in [1.29, 1.82) is 0 Å². The molecule has 0 spiro atoms. The maximum absolute atomic E-state index is 9.15. The maximum Gasteiger partial charge on any atom is 0.192 e. The Bertz CT molecular complexity index is 339. The van der Waals surface area contributed by atoms with Crippen LogP contribution < -0.4 is 4.74 Å². The topological polar surface area (TPSA) is 49.7 Å². The van der Waals surface area contributed by atoms with Crippen molar-refractivity contribution in [3.05, 3.63) is 29.8 Å². The number of hydrogen-bond acceptors (Lipinski definition) is 3. The van der Waals surface area contributed by atoms with E-state index in [1.807, 2.05) is 24.3 Å². The third-order valence-electron chi connectivity index (χ3n) is 2.57. The molecule has 0 aromatic heterocycles. The van der Waals surface area contributed by atoms with Crippen molar-refractivity contribution in [2.45, 2.75) is 46.0 Å². The average molecular weight is 238 g/mol. The fourth-order valence-corrected chi connectivity index (χ4v) is 1.52. The molecule has 1 aromatic rings. The van der Waals surface area contributed by atoms with Gasteiger partial charge in [0.05, 0.1) is 0 Å². The van der Waals surface area contributed by atoms with Crippen molar-refractivity contribution < 1.29 is 14.9 Å². The molecule has 17 heavy (non-hydrogen) atoms. The summed E-state index contributed by atoms with van der Waals surface area (Å²) in [6.07, 6.45) is -0.468. The van der Waals surface area contributed by atoms with E-state index in [9.17, 15) is 0 Å². The summed E-state index contributed by atoms with van der Waals surface area (Å²) >= 11 is 0. The quantitative estimate of drug-likeness (QED) is 0.774. The van der Waals surface area contributed by atoms with Crippen molar-refractivity contribution in [1.82, 2.24) is 0 Å². The van der Waals surface area contributed by atoms with Gasteiger partial charge >= 0.3 is 0 Å². The van der Waals surface area contributed by atoms with E-state index in [0.717, 1.165) is 6.42 Å². The molecule has 0 heterocycles. The highest BCUT2D eigenvalue weighted by Gasteiger charge is 2.28. The molecule has 0 aliphatic heterocycles. The first-order valence-electron chi connectivity index (χ1n) is 5.95. The first-order chi connectivity index (χ1) is 7.81.